The van der Waals surface area contributed by atoms with Crippen molar-refractivity contribution in [2.24, 2.45) is 0 Å². The largest absolute Gasteiger partial charge is 0.495 e. The van der Waals surface area contributed by atoms with Gasteiger partial charge in [0.05, 0.1) is 24.5 Å². The first-order chi connectivity index (χ1) is 16.4. The second kappa shape index (κ2) is 9.88. The number of methoxy groups -OCH3 is 1. The Kier molecular flexibility index (Phi) is 6.74. The zero-order valence-corrected chi connectivity index (χ0v) is 19.9. The summed E-state index contributed by atoms with van der Waals surface area (Å²) in [5, 5.41) is 7.96. The molecule has 0 unspecified atom stereocenters. The SMILES string of the molecule is COc1ccc(NC(C)=O)cc1NC(=O)CCn1cnc2scc(-c3ccc(C)cc3)c2c1=O. The van der Waals surface area contributed by atoms with Gasteiger partial charge < -0.3 is 15.4 Å². The van der Waals surface area contributed by atoms with Gasteiger partial charge in [-0.15, -0.1) is 11.3 Å². The van der Waals surface area contributed by atoms with Gasteiger partial charge in [-0.05, 0) is 30.7 Å². The lowest BCUT2D eigenvalue weighted by molar-refractivity contribution is -0.116. The summed E-state index contributed by atoms with van der Waals surface area (Å²) in [5.41, 5.74) is 3.73. The van der Waals surface area contributed by atoms with E-state index in [1.54, 1.807) is 18.2 Å². The summed E-state index contributed by atoms with van der Waals surface area (Å²) in [6.45, 7) is 3.59. The van der Waals surface area contributed by atoms with Gasteiger partial charge in [-0.3, -0.25) is 19.0 Å². The van der Waals surface area contributed by atoms with E-state index < -0.39 is 0 Å². The minimum atomic E-state index is -0.297. The molecule has 4 aromatic rings. The van der Waals surface area contributed by atoms with E-state index in [2.05, 4.69) is 15.6 Å². The van der Waals surface area contributed by atoms with Gasteiger partial charge in [0.25, 0.3) is 5.56 Å². The molecule has 0 aliphatic carbocycles. The molecule has 9 heteroatoms. The topological polar surface area (TPSA) is 102 Å². The summed E-state index contributed by atoms with van der Waals surface area (Å²) < 4.78 is 6.75. The fourth-order valence-corrected chi connectivity index (χ4v) is 4.50. The highest BCUT2D eigenvalue weighted by molar-refractivity contribution is 7.17. The van der Waals surface area contributed by atoms with Crippen LogP contribution in [0.2, 0.25) is 0 Å². The second-order valence-electron chi connectivity index (χ2n) is 7.83. The third-order valence-electron chi connectivity index (χ3n) is 5.30. The van der Waals surface area contributed by atoms with Crippen LogP contribution in [-0.2, 0) is 16.1 Å². The Bertz CT molecular complexity index is 1420. The molecule has 0 aliphatic rings. The number of nitrogens with zero attached hydrogens (tertiary/aromatic N) is 2. The number of nitrogens with one attached hydrogen (secondary N) is 2. The van der Waals surface area contributed by atoms with Gasteiger partial charge in [-0.25, -0.2) is 4.98 Å². The monoisotopic (exact) mass is 476 g/mol. The number of ether oxygens (including phenoxy) is 1. The highest BCUT2D eigenvalue weighted by Gasteiger charge is 2.15. The molecule has 0 aliphatic heterocycles. The average molecular weight is 477 g/mol. The van der Waals surface area contributed by atoms with Crippen LogP contribution in [0.4, 0.5) is 11.4 Å². The van der Waals surface area contributed by atoms with E-state index in [0.717, 1.165) is 16.7 Å². The number of carbonyl (C=O) groups is 2. The van der Waals surface area contributed by atoms with Crippen LogP contribution in [0.25, 0.3) is 21.3 Å². The first-order valence-electron chi connectivity index (χ1n) is 10.6. The Morgan fingerprint density at radius 1 is 1.12 bits per heavy atom. The van der Waals surface area contributed by atoms with Crippen LogP contribution in [0.3, 0.4) is 0 Å². The molecule has 0 bridgehead atoms. The second-order valence-corrected chi connectivity index (χ2v) is 8.69. The molecule has 2 aromatic carbocycles. The van der Waals surface area contributed by atoms with Crippen molar-refractivity contribution in [2.75, 3.05) is 17.7 Å². The fourth-order valence-electron chi connectivity index (χ4n) is 3.59. The van der Waals surface area contributed by atoms with Crippen molar-refractivity contribution < 1.29 is 14.3 Å². The van der Waals surface area contributed by atoms with Crippen molar-refractivity contribution in [1.29, 1.82) is 0 Å². The Balaban J connectivity index is 1.53. The number of anilines is 2. The standard InChI is InChI=1S/C25H24N4O4S/c1-15-4-6-17(7-5-15)19-13-34-24-23(19)25(32)29(14-26-24)11-10-22(31)28-20-12-18(27-16(2)30)8-9-21(20)33-3/h4-9,12-14H,10-11H2,1-3H3,(H,27,30)(H,28,31). The van der Waals surface area contributed by atoms with Gasteiger partial charge in [0.2, 0.25) is 11.8 Å². The van der Waals surface area contributed by atoms with Crippen molar-refractivity contribution in [3.05, 3.63) is 70.1 Å². The molecule has 8 nitrogen and oxygen atoms in total. The van der Waals surface area contributed by atoms with Gasteiger partial charge in [0, 0.05) is 36.5 Å². The molecule has 174 valence electrons. The number of thiophene rings is 1. The van der Waals surface area contributed by atoms with E-state index in [0.29, 0.717) is 27.3 Å². The van der Waals surface area contributed by atoms with Crippen molar-refractivity contribution in [2.45, 2.75) is 26.8 Å². The van der Waals surface area contributed by atoms with Crippen molar-refractivity contribution in [3.63, 3.8) is 0 Å². The average Bonchev–Trinajstić information content (AvgIpc) is 3.24. The Morgan fingerprint density at radius 3 is 2.59 bits per heavy atom. The number of carbonyl (C=O) groups excluding carboxylic acids is 2. The lowest BCUT2D eigenvalue weighted by Crippen LogP contribution is -2.23. The summed E-state index contributed by atoms with van der Waals surface area (Å²) in [5.74, 6) is -0.0544. The molecule has 2 aromatic heterocycles. The van der Waals surface area contributed by atoms with Crippen LogP contribution in [0.15, 0.2) is 59.0 Å². The highest BCUT2D eigenvalue weighted by Crippen LogP contribution is 2.31. The zero-order valence-electron chi connectivity index (χ0n) is 19.0. The maximum absolute atomic E-state index is 13.2. The molecule has 0 fully saturated rings. The Morgan fingerprint density at radius 2 is 1.88 bits per heavy atom. The molecule has 0 saturated carbocycles. The van der Waals surface area contributed by atoms with Crippen molar-refractivity contribution in [3.8, 4) is 16.9 Å². The summed E-state index contributed by atoms with van der Waals surface area (Å²) in [7, 11) is 1.50. The first kappa shape index (κ1) is 23.2. The lowest BCUT2D eigenvalue weighted by Gasteiger charge is -2.13. The van der Waals surface area contributed by atoms with Gasteiger partial charge >= 0.3 is 0 Å². The lowest BCUT2D eigenvalue weighted by atomic mass is 10.1. The Labute approximate surface area is 200 Å². The summed E-state index contributed by atoms with van der Waals surface area (Å²) in [4.78, 5) is 42.3. The molecule has 0 saturated heterocycles. The van der Waals surface area contributed by atoms with Gasteiger partial charge in [-0.2, -0.15) is 0 Å². The van der Waals surface area contributed by atoms with Crippen molar-refractivity contribution in [1.82, 2.24) is 9.55 Å². The summed E-state index contributed by atoms with van der Waals surface area (Å²) in [6, 6.07) is 13.0. The van der Waals surface area contributed by atoms with Crippen LogP contribution in [0.5, 0.6) is 5.75 Å². The summed E-state index contributed by atoms with van der Waals surface area (Å²) in [6.07, 6.45) is 1.54. The summed E-state index contributed by atoms with van der Waals surface area (Å²) >= 11 is 1.42. The molecule has 0 atom stereocenters. The molecular formula is C25H24N4O4S. The van der Waals surface area contributed by atoms with E-state index in [1.165, 1.54) is 36.3 Å². The number of benzene rings is 2. The van der Waals surface area contributed by atoms with E-state index in [-0.39, 0.29) is 30.3 Å². The molecule has 0 radical (unpaired) electrons. The number of aromatic nitrogens is 2. The maximum atomic E-state index is 13.2. The molecule has 2 amide bonds. The smallest absolute Gasteiger partial charge is 0.262 e. The van der Waals surface area contributed by atoms with Crippen LogP contribution in [0.1, 0.15) is 18.9 Å². The van der Waals surface area contributed by atoms with Crippen LogP contribution >= 0.6 is 11.3 Å². The van der Waals surface area contributed by atoms with Gasteiger partial charge in [0.15, 0.2) is 0 Å². The minimum Gasteiger partial charge on any atom is -0.495 e. The van der Waals surface area contributed by atoms with E-state index in [1.807, 2.05) is 36.6 Å². The number of amides is 2. The third-order valence-corrected chi connectivity index (χ3v) is 6.18. The van der Waals surface area contributed by atoms with Crippen LogP contribution in [0, 0.1) is 6.92 Å². The third kappa shape index (κ3) is 4.99. The number of rotatable bonds is 7. The van der Waals surface area contributed by atoms with Crippen molar-refractivity contribution >= 4 is 44.7 Å². The predicted octanol–water partition coefficient (Wildman–Crippen LogP) is 4.43. The van der Waals surface area contributed by atoms with Crippen LogP contribution < -0.4 is 20.9 Å². The number of hydrogen-bond donors (Lipinski definition) is 2. The fraction of sp³-hybridized carbons (Fsp3) is 0.200. The van der Waals surface area contributed by atoms with Crippen LogP contribution in [-0.4, -0.2) is 28.5 Å². The molecule has 2 heterocycles. The highest BCUT2D eigenvalue weighted by atomic mass is 32.1. The number of fused-ring (bicyclic) bond motifs is 1. The zero-order chi connectivity index (χ0) is 24.2. The maximum Gasteiger partial charge on any atom is 0.262 e. The number of aryl methyl sites for hydroxylation is 2. The van der Waals surface area contributed by atoms with Gasteiger partial charge in [0.1, 0.15) is 10.6 Å². The Hall–Kier alpha value is -3.98. The molecule has 0 spiro atoms. The van der Waals surface area contributed by atoms with E-state index in [9.17, 15) is 14.4 Å². The van der Waals surface area contributed by atoms with E-state index in [4.69, 9.17) is 4.74 Å². The normalized spacial score (nSPS) is 10.8. The molecule has 34 heavy (non-hydrogen) atoms. The van der Waals surface area contributed by atoms with E-state index >= 15 is 0 Å². The number of hydrogen-bond acceptors (Lipinski definition) is 6. The predicted molar refractivity (Wildman–Crippen MR) is 135 cm³/mol. The molecular weight excluding hydrogens is 452 g/mol. The molecule has 4 rings (SSSR count). The minimum absolute atomic E-state index is 0.0601. The quantitative estimate of drug-likeness (QED) is 0.411. The van der Waals surface area contributed by atoms with Gasteiger partial charge in [-0.1, -0.05) is 29.8 Å². The first-order valence-corrected chi connectivity index (χ1v) is 11.5. The molecule has 2 N–H and O–H groups in total.